The summed E-state index contributed by atoms with van der Waals surface area (Å²) in [6, 6.07) is -0.625. The second-order valence-electron chi connectivity index (χ2n) is 19.4. The van der Waals surface area contributed by atoms with Gasteiger partial charge >= 0.3 is 0 Å². The molecule has 2 unspecified atom stereocenters. The number of nitrogens with one attached hydrogen (secondary N) is 1. The summed E-state index contributed by atoms with van der Waals surface area (Å²) < 4.78 is 0. The van der Waals surface area contributed by atoms with E-state index in [-0.39, 0.29) is 12.5 Å². The summed E-state index contributed by atoms with van der Waals surface area (Å²) in [6.45, 7) is 4.34. The molecule has 0 aromatic rings. The number of carbonyl (C=O) groups is 1. The second kappa shape index (κ2) is 53.9. The first-order valence-corrected chi connectivity index (χ1v) is 28.2. The maximum atomic E-state index is 12.5. The Balaban J connectivity index is 3.50. The number of amides is 1. The largest absolute Gasteiger partial charge is 0.394 e. The van der Waals surface area contributed by atoms with Crippen molar-refractivity contribution in [3.8, 4) is 0 Å². The fourth-order valence-electron chi connectivity index (χ4n) is 8.80. The first-order chi connectivity index (χ1) is 30.7. The Morgan fingerprint density at radius 2 is 0.661 bits per heavy atom. The Labute approximate surface area is 389 Å². The fraction of sp³-hybridized carbons (Fsp3) is 0.879. The van der Waals surface area contributed by atoms with E-state index in [1.54, 1.807) is 6.08 Å². The third kappa shape index (κ3) is 49.6. The minimum atomic E-state index is -0.842. The average molecular weight is 871 g/mol. The molecule has 0 aliphatic heterocycles. The van der Waals surface area contributed by atoms with Crippen LogP contribution in [0, 0.1) is 0 Å². The minimum absolute atomic E-state index is 0.0644. The number of hydrogen-bond acceptors (Lipinski definition) is 3. The molecule has 0 bridgehead atoms. The normalized spacial score (nSPS) is 13.0. The second-order valence-corrected chi connectivity index (χ2v) is 19.4. The summed E-state index contributed by atoms with van der Waals surface area (Å²) in [5.74, 6) is -0.0644. The number of aliphatic hydroxyl groups is 2. The molecule has 0 spiro atoms. The summed E-state index contributed by atoms with van der Waals surface area (Å²) in [5.41, 5.74) is 0. The molecule has 4 nitrogen and oxygen atoms in total. The van der Waals surface area contributed by atoms with Crippen LogP contribution in [0.25, 0.3) is 0 Å². The standard InChI is InChI=1S/C58H111NO3/c1-3-5-7-9-11-13-15-17-19-21-23-25-27-29-31-33-35-37-39-41-43-45-47-49-51-53-57(61)56(55-60)59-58(62)54-52-50-48-46-44-42-40-38-36-34-32-30-28-26-24-22-20-18-16-14-12-10-8-6-4-2/h24,26,30,32,51,53,56-57,60-61H,3-23,25,27-29,31,33-50,52,54-55H2,1-2H3,(H,59,62)/b26-24-,32-30-,53-51+. The number of carbonyl (C=O) groups excluding carboxylic acids is 1. The lowest BCUT2D eigenvalue weighted by Gasteiger charge is -2.20. The summed E-state index contributed by atoms with van der Waals surface area (Å²) in [4.78, 5) is 12.5. The molecule has 0 aromatic carbocycles. The van der Waals surface area contributed by atoms with Crippen molar-refractivity contribution in [2.75, 3.05) is 6.61 Å². The monoisotopic (exact) mass is 870 g/mol. The van der Waals surface area contributed by atoms with E-state index in [0.717, 1.165) is 32.1 Å². The fourth-order valence-corrected chi connectivity index (χ4v) is 8.80. The van der Waals surface area contributed by atoms with Crippen molar-refractivity contribution in [1.29, 1.82) is 0 Å². The molecule has 0 aliphatic rings. The molecule has 0 heterocycles. The predicted octanol–water partition coefficient (Wildman–Crippen LogP) is 18.5. The van der Waals surface area contributed by atoms with Crippen LogP contribution < -0.4 is 5.32 Å². The quantitative estimate of drug-likeness (QED) is 0.0421. The molecule has 0 rings (SSSR count). The van der Waals surface area contributed by atoms with Crippen molar-refractivity contribution in [2.24, 2.45) is 0 Å². The molecular weight excluding hydrogens is 759 g/mol. The topological polar surface area (TPSA) is 69.6 Å². The molecule has 2 atom stereocenters. The van der Waals surface area contributed by atoms with Crippen LogP contribution in [0.15, 0.2) is 36.5 Å². The van der Waals surface area contributed by atoms with Crippen molar-refractivity contribution in [1.82, 2.24) is 5.32 Å². The highest BCUT2D eigenvalue weighted by atomic mass is 16.3. The number of hydrogen-bond donors (Lipinski definition) is 3. The van der Waals surface area contributed by atoms with Crippen LogP contribution in [-0.2, 0) is 4.79 Å². The highest BCUT2D eigenvalue weighted by molar-refractivity contribution is 5.76. The van der Waals surface area contributed by atoms with Crippen molar-refractivity contribution in [3.63, 3.8) is 0 Å². The van der Waals surface area contributed by atoms with Crippen LogP contribution in [-0.4, -0.2) is 34.9 Å². The predicted molar refractivity (Wildman–Crippen MR) is 276 cm³/mol. The molecule has 62 heavy (non-hydrogen) atoms. The maximum absolute atomic E-state index is 12.5. The summed E-state index contributed by atoms with van der Waals surface area (Å²) in [5, 5.41) is 23.2. The van der Waals surface area contributed by atoms with E-state index >= 15 is 0 Å². The number of aliphatic hydroxyl groups excluding tert-OH is 2. The molecular formula is C58H111NO3. The van der Waals surface area contributed by atoms with E-state index in [1.165, 1.54) is 257 Å². The zero-order valence-electron chi connectivity index (χ0n) is 42.2. The van der Waals surface area contributed by atoms with Crippen LogP contribution in [0.4, 0.5) is 0 Å². The Morgan fingerprint density at radius 3 is 0.968 bits per heavy atom. The third-order valence-corrected chi connectivity index (χ3v) is 13.1. The van der Waals surface area contributed by atoms with E-state index in [0.29, 0.717) is 6.42 Å². The first-order valence-electron chi connectivity index (χ1n) is 28.2. The molecule has 0 aromatic heterocycles. The molecule has 4 heteroatoms. The lowest BCUT2D eigenvalue weighted by Crippen LogP contribution is -2.45. The van der Waals surface area contributed by atoms with Gasteiger partial charge in [0, 0.05) is 6.42 Å². The highest BCUT2D eigenvalue weighted by Gasteiger charge is 2.18. The van der Waals surface area contributed by atoms with E-state index < -0.39 is 12.1 Å². The molecule has 0 saturated heterocycles. The summed E-state index contributed by atoms with van der Waals surface area (Å²) in [6.07, 6.45) is 73.0. The highest BCUT2D eigenvalue weighted by Crippen LogP contribution is 2.17. The molecule has 0 fully saturated rings. The summed E-state index contributed by atoms with van der Waals surface area (Å²) in [7, 11) is 0. The maximum Gasteiger partial charge on any atom is 0.220 e. The minimum Gasteiger partial charge on any atom is -0.394 e. The van der Waals surface area contributed by atoms with Crippen molar-refractivity contribution >= 4 is 5.91 Å². The van der Waals surface area contributed by atoms with Gasteiger partial charge in [0.2, 0.25) is 5.91 Å². The van der Waals surface area contributed by atoms with E-state index in [4.69, 9.17) is 0 Å². The van der Waals surface area contributed by atoms with Crippen LogP contribution in [0.3, 0.4) is 0 Å². The van der Waals surface area contributed by atoms with Gasteiger partial charge in [-0.3, -0.25) is 4.79 Å². The Morgan fingerprint density at radius 1 is 0.387 bits per heavy atom. The average Bonchev–Trinajstić information content (AvgIpc) is 3.28. The van der Waals surface area contributed by atoms with Crippen LogP contribution in [0.2, 0.25) is 0 Å². The lowest BCUT2D eigenvalue weighted by molar-refractivity contribution is -0.123. The van der Waals surface area contributed by atoms with Gasteiger partial charge in [-0.25, -0.2) is 0 Å². The molecule has 0 saturated carbocycles. The molecule has 0 aliphatic carbocycles. The Bertz CT molecular complexity index is 943. The van der Waals surface area contributed by atoms with Gasteiger partial charge in [-0.15, -0.1) is 0 Å². The molecule has 0 radical (unpaired) electrons. The SMILES string of the molecule is CCCCCCCCCCC/C=C\C/C=C\CCCCCCCCCCCC(=O)NC(CO)C(O)/C=C/CCCCCCCCCCCCCCCCCCCCCCCCC. The number of unbranched alkanes of at least 4 members (excludes halogenated alkanes) is 41. The zero-order chi connectivity index (χ0) is 44.9. The number of allylic oxidation sites excluding steroid dienone is 5. The zero-order valence-corrected chi connectivity index (χ0v) is 42.2. The van der Waals surface area contributed by atoms with Gasteiger partial charge in [0.05, 0.1) is 18.8 Å². The van der Waals surface area contributed by atoms with Crippen molar-refractivity contribution < 1.29 is 15.0 Å². The lowest BCUT2D eigenvalue weighted by atomic mass is 10.0. The first kappa shape index (κ1) is 60.6. The van der Waals surface area contributed by atoms with Gasteiger partial charge in [-0.1, -0.05) is 288 Å². The Hall–Kier alpha value is -1.39. The third-order valence-electron chi connectivity index (χ3n) is 13.1. The van der Waals surface area contributed by atoms with Gasteiger partial charge < -0.3 is 15.5 Å². The van der Waals surface area contributed by atoms with Gasteiger partial charge in [0.1, 0.15) is 0 Å². The smallest absolute Gasteiger partial charge is 0.220 e. The van der Waals surface area contributed by atoms with Crippen molar-refractivity contribution in [3.05, 3.63) is 36.5 Å². The molecule has 366 valence electrons. The van der Waals surface area contributed by atoms with Gasteiger partial charge in [0.25, 0.3) is 0 Å². The van der Waals surface area contributed by atoms with Crippen molar-refractivity contribution in [2.45, 2.75) is 321 Å². The van der Waals surface area contributed by atoms with E-state index in [9.17, 15) is 15.0 Å². The van der Waals surface area contributed by atoms with Crippen LogP contribution in [0.1, 0.15) is 309 Å². The molecule has 1 amide bonds. The number of rotatable bonds is 52. The van der Waals surface area contributed by atoms with Gasteiger partial charge in [-0.2, -0.15) is 0 Å². The van der Waals surface area contributed by atoms with Gasteiger partial charge in [0.15, 0.2) is 0 Å². The molecule has 3 N–H and O–H groups in total. The van der Waals surface area contributed by atoms with E-state index in [1.807, 2.05) is 6.08 Å². The van der Waals surface area contributed by atoms with E-state index in [2.05, 4.69) is 43.5 Å². The summed E-state index contributed by atoms with van der Waals surface area (Å²) >= 11 is 0. The van der Waals surface area contributed by atoms with Gasteiger partial charge in [-0.05, 0) is 51.4 Å². The van der Waals surface area contributed by atoms with Crippen LogP contribution >= 0.6 is 0 Å². The Kier molecular flexibility index (Phi) is 52.7. The van der Waals surface area contributed by atoms with Crippen LogP contribution in [0.5, 0.6) is 0 Å².